The Morgan fingerprint density at radius 2 is 1.76 bits per heavy atom. The van der Waals surface area contributed by atoms with Crippen molar-refractivity contribution < 1.29 is 9.59 Å². The van der Waals surface area contributed by atoms with Gasteiger partial charge in [0, 0.05) is 13.6 Å². The number of nitrogens with zero attached hydrogens (tertiary/aromatic N) is 2. The molecule has 0 saturated carbocycles. The number of amides is 2. The first kappa shape index (κ1) is 12.4. The fourth-order valence-corrected chi connectivity index (χ4v) is 2.88. The Hall–Kier alpha value is -1.10. The molecular formula is C12H21N3O2. The molecule has 0 bridgehead atoms. The zero-order valence-corrected chi connectivity index (χ0v) is 10.6. The van der Waals surface area contributed by atoms with E-state index in [1.807, 2.05) is 7.05 Å². The van der Waals surface area contributed by atoms with Gasteiger partial charge in [0.05, 0.1) is 6.04 Å². The van der Waals surface area contributed by atoms with Crippen molar-refractivity contribution in [1.82, 2.24) is 15.1 Å². The minimum atomic E-state index is -0.249. The van der Waals surface area contributed by atoms with E-state index < -0.39 is 0 Å². The Labute approximate surface area is 102 Å². The van der Waals surface area contributed by atoms with Crippen LogP contribution in [0.1, 0.15) is 25.7 Å². The lowest BCUT2D eigenvalue weighted by Crippen LogP contribution is -2.50. The third-order valence-corrected chi connectivity index (χ3v) is 3.89. The Kier molecular flexibility index (Phi) is 3.66. The number of likely N-dealkylation sites (tertiary alicyclic amines) is 2. The first-order valence-corrected chi connectivity index (χ1v) is 6.37. The Morgan fingerprint density at radius 1 is 1.12 bits per heavy atom. The molecular weight excluding hydrogens is 218 g/mol. The van der Waals surface area contributed by atoms with E-state index >= 15 is 0 Å². The van der Waals surface area contributed by atoms with Crippen LogP contribution in [-0.2, 0) is 9.59 Å². The highest BCUT2D eigenvalue weighted by Crippen LogP contribution is 2.23. The molecule has 2 aliphatic rings. The average Bonchev–Trinajstić information content (AvgIpc) is 2.95. The molecule has 0 radical (unpaired) electrons. The van der Waals surface area contributed by atoms with Gasteiger partial charge < -0.3 is 10.2 Å². The summed E-state index contributed by atoms with van der Waals surface area (Å²) in [6, 6.07) is -0.262. The van der Waals surface area contributed by atoms with Crippen LogP contribution < -0.4 is 5.32 Å². The molecule has 2 unspecified atom stereocenters. The van der Waals surface area contributed by atoms with Crippen molar-refractivity contribution in [3.05, 3.63) is 0 Å². The third-order valence-electron chi connectivity index (χ3n) is 3.89. The lowest BCUT2D eigenvalue weighted by Gasteiger charge is -2.28. The van der Waals surface area contributed by atoms with E-state index in [1.165, 1.54) is 0 Å². The van der Waals surface area contributed by atoms with Gasteiger partial charge in [-0.25, -0.2) is 0 Å². The van der Waals surface area contributed by atoms with E-state index in [-0.39, 0.29) is 23.9 Å². The molecule has 2 aliphatic heterocycles. The topological polar surface area (TPSA) is 52.7 Å². The summed E-state index contributed by atoms with van der Waals surface area (Å²) in [7, 11) is 3.62. The van der Waals surface area contributed by atoms with E-state index in [1.54, 1.807) is 11.9 Å². The molecule has 2 amide bonds. The molecule has 2 heterocycles. The molecule has 0 aromatic carbocycles. The SMILES string of the molecule is CNC(=O)C1CCCN1C(=O)C1CCCN1C. The summed E-state index contributed by atoms with van der Waals surface area (Å²) in [5.74, 6) is 0.104. The average molecular weight is 239 g/mol. The Balaban J connectivity index is 2.05. The lowest BCUT2D eigenvalue weighted by atomic mass is 10.1. The number of hydrogen-bond acceptors (Lipinski definition) is 3. The smallest absolute Gasteiger partial charge is 0.242 e. The number of carbonyl (C=O) groups excluding carboxylic acids is 2. The van der Waals surface area contributed by atoms with Gasteiger partial charge in [-0.05, 0) is 39.3 Å². The van der Waals surface area contributed by atoms with Gasteiger partial charge in [0.15, 0.2) is 0 Å². The van der Waals surface area contributed by atoms with Gasteiger partial charge in [-0.15, -0.1) is 0 Å². The zero-order valence-electron chi connectivity index (χ0n) is 10.6. The van der Waals surface area contributed by atoms with Gasteiger partial charge in [0.2, 0.25) is 11.8 Å². The second kappa shape index (κ2) is 5.04. The highest BCUT2D eigenvalue weighted by Gasteiger charge is 2.39. The lowest BCUT2D eigenvalue weighted by molar-refractivity contribution is -0.141. The summed E-state index contributed by atoms with van der Waals surface area (Å²) >= 11 is 0. The van der Waals surface area contributed by atoms with Crippen molar-refractivity contribution in [2.24, 2.45) is 0 Å². The second-order valence-corrected chi connectivity index (χ2v) is 4.94. The van der Waals surface area contributed by atoms with Crippen molar-refractivity contribution in [3.8, 4) is 0 Å². The molecule has 17 heavy (non-hydrogen) atoms. The largest absolute Gasteiger partial charge is 0.357 e. The molecule has 1 N–H and O–H groups in total. The van der Waals surface area contributed by atoms with Crippen LogP contribution in [0.15, 0.2) is 0 Å². The predicted octanol–water partition coefficient (Wildman–Crippen LogP) is -0.182. The molecule has 2 saturated heterocycles. The van der Waals surface area contributed by atoms with Crippen LogP contribution in [0.3, 0.4) is 0 Å². The molecule has 0 aliphatic carbocycles. The number of rotatable bonds is 2. The van der Waals surface area contributed by atoms with Crippen LogP contribution in [0.25, 0.3) is 0 Å². The van der Waals surface area contributed by atoms with E-state index in [4.69, 9.17) is 0 Å². The predicted molar refractivity (Wildman–Crippen MR) is 64.5 cm³/mol. The van der Waals surface area contributed by atoms with Crippen molar-refractivity contribution in [2.75, 3.05) is 27.2 Å². The van der Waals surface area contributed by atoms with Crippen LogP contribution in [0.4, 0.5) is 0 Å². The normalized spacial score (nSPS) is 29.6. The summed E-state index contributed by atoms with van der Waals surface area (Å²) in [5.41, 5.74) is 0. The molecule has 0 aromatic heterocycles. The second-order valence-electron chi connectivity index (χ2n) is 4.94. The van der Waals surface area contributed by atoms with Gasteiger partial charge in [-0.3, -0.25) is 14.5 Å². The highest BCUT2D eigenvalue weighted by molar-refractivity contribution is 5.90. The van der Waals surface area contributed by atoms with E-state index in [9.17, 15) is 9.59 Å². The minimum Gasteiger partial charge on any atom is -0.357 e. The van der Waals surface area contributed by atoms with Crippen molar-refractivity contribution >= 4 is 11.8 Å². The molecule has 2 atom stereocenters. The Morgan fingerprint density at radius 3 is 2.35 bits per heavy atom. The fraction of sp³-hybridized carbons (Fsp3) is 0.833. The number of nitrogens with one attached hydrogen (secondary N) is 1. The first-order valence-electron chi connectivity index (χ1n) is 6.37. The van der Waals surface area contributed by atoms with Gasteiger partial charge in [-0.2, -0.15) is 0 Å². The third kappa shape index (κ3) is 2.29. The van der Waals surface area contributed by atoms with Crippen LogP contribution in [0, 0.1) is 0 Å². The van der Waals surface area contributed by atoms with Gasteiger partial charge >= 0.3 is 0 Å². The van der Waals surface area contributed by atoms with Crippen molar-refractivity contribution in [2.45, 2.75) is 37.8 Å². The van der Waals surface area contributed by atoms with Crippen LogP contribution in [0.2, 0.25) is 0 Å². The minimum absolute atomic E-state index is 0.0137. The fourth-order valence-electron chi connectivity index (χ4n) is 2.88. The molecule has 5 heteroatoms. The monoisotopic (exact) mass is 239 g/mol. The zero-order chi connectivity index (χ0) is 12.4. The molecule has 5 nitrogen and oxygen atoms in total. The molecule has 0 aromatic rings. The van der Waals surface area contributed by atoms with Crippen molar-refractivity contribution in [1.29, 1.82) is 0 Å². The summed E-state index contributed by atoms with van der Waals surface area (Å²) in [6.07, 6.45) is 3.72. The molecule has 0 spiro atoms. The molecule has 2 rings (SSSR count). The van der Waals surface area contributed by atoms with Crippen molar-refractivity contribution in [3.63, 3.8) is 0 Å². The number of carbonyl (C=O) groups is 2. The van der Waals surface area contributed by atoms with Gasteiger partial charge in [-0.1, -0.05) is 0 Å². The summed E-state index contributed by atoms with van der Waals surface area (Å²) in [6.45, 7) is 1.70. The van der Waals surface area contributed by atoms with Crippen LogP contribution in [-0.4, -0.2) is 60.9 Å². The summed E-state index contributed by atoms with van der Waals surface area (Å²) in [4.78, 5) is 28.0. The number of hydrogen-bond donors (Lipinski definition) is 1. The maximum Gasteiger partial charge on any atom is 0.242 e. The quantitative estimate of drug-likeness (QED) is 0.727. The molecule has 2 fully saturated rings. The van der Waals surface area contributed by atoms with Gasteiger partial charge in [0.25, 0.3) is 0 Å². The van der Waals surface area contributed by atoms with Crippen LogP contribution in [0.5, 0.6) is 0 Å². The summed E-state index contributed by atoms with van der Waals surface area (Å²) < 4.78 is 0. The van der Waals surface area contributed by atoms with E-state index in [0.29, 0.717) is 0 Å². The first-order chi connectivity index (χ1) is 8.15. The summed E-state index contributed by atoms with van der Waals surface area (Å²) in [5, 5.41) is 2.65. The maximum atomic E-state index is 12.4. The van der Waals surface area contributed by atoms with Crippen LogP contribution >= 0.6 is 0 Å². The standard InChI is InChI=1S/C12H21N3O2/c1-13-11(16)9-5-4-8-15(9)12(17)10-6-3-7-14(10)2/h9-10H,3-8H2,1-2H3,(H,13,16). The van der Waals surface area contributed by atoms with E-state index in [0.717, 1.165) is 38.8 Å². The van der Waals surface area contributed by atoms with Gasteiger partial charge in [0.1, 0.15) is 6.04 Å². The number of likely N-dealkylation sites (N-methyl/N-ethyl adjacent to an activating group) is 2. The molecule has 96 valence electrons. The van der Waals surface area contributed by atoms with E-state index in [2.05, 4.69) is 10.2 Å². The highest BCUT2D eigenvalue weighted by atomic mass is 16.2. The Bertz CT molecular complexity index is 319. The maximum absolute atomic E-state index is 12.4.